The lowest BCUT2D eigenvalue weighted by Crippen LogP contribution is -2.08. The van der Waals surface area contributed by atoms with E-state index in [2.05, 4.69) is 10.1 Å². The first-order valence-corrected chi connectivity index (χ1v) is 8.64. The van der Waals surface area contributed by atoms with Crippen LogP contribution in [0.2, 0.25) is 5.02 Å². The van der Waals surface area contributed by atoms with E-state index in [1.807, 2.05) is 17.8 Å². The molecule has 1 aromatic heterocycles. The number of nitrogens with zero attached hydrogens (tertiary/aromatic N) is 2. The maximum Gasteiger partial charge on any atom is 0.260 e. The van der Waals surface area contributed by atoms with Crippen LogP contribution in [0.15, 0.2) is 22.7 Å². The molecule has 1 aliphatic rings. The van der Waals surface area contributed by atoms with Gasteiger partial charge in [-0.15, -0.1) is 0 Å². The summed E-state index contributed by atoms with van der Waals surface area (Å²) in [5.74, 6) is 1.99. The van der Waals surface area contributed by atoms with Crippen molar-refractivity contribution in [1.82, 2.24) is 10.1 Å². The average molecular weight is 324 g/mol. The first-order valence-electron chi connectivity index (χ1n) is 7.22. The smallest absolute Gasteiger partial charge is 0.260 e. The highest BCUT2D eigenvalue weighted by atomic mass is 35.5. The molecule has 0 bridgehead atoms. The van der Waals surface area contributed by atoms with Crippen LogP contribution in [0.1, 0.15) is 37.9 Å². The summed E-state index contributed by atoms with van der Waals surface area (Å²) < 4.78 is 5.31. The minimum absolute atomic E-state index is 0.461. The summed E-state index contributed by atoms with van der Waals surface area (Å²) in [6.07, 6.45) is 6.67. The molecular formula is C15H18ClN3OS. The van der Waals surface area contributed by atoms with Crippen molar-refractivity contribution in [2.45, 2.75) is 43.1 Å². The summed E-state index contributed by atoms with van der Waals surface area (Å²) >= 11 is 7.82. The lowest BCUT2D eigenvalue weighted by atomic mass is 10.0. The lowest BCUT2D eigenvalue weighted by Gasteiger charge is -2.19. The van der Waals surface area contributed by atoms with Gasteiger partial charge in [-0.2, -0.15) is 16.7 Å². The van der Waals surface area contributed by atoms with Crippen molar-refractivity contribution in [1.29, 1.82) is 0 Å². The number of thioether (sulfide) groups is 1. The van der Waals surface area contributed by atoms with Crippen molar-refractivity contribution in [3.8, 4) is 11.5 Å². The van der Waals surface area contributed by atoms with Crippen LogP contribution in [0.3, 0.4) is 0 Å². The number of nitrogens with two attached hydrogens (primary N) is 1. The molecule has 3 rings (SSSR count). The zero-order valence-corrected chi connectivity index (χ0v) is 13.3. The fraction of sp³-hybridized carbons (Fsp3) is 0.467. The van der Waals surface area contributed by atoms with Gasteiger partial charge in [-0.25, -0.2) is 0 Å². The molecule has 0 aliphatic heterocycles. The first kappa shape index (κ1) is 14.7. The Balaban J connectivity index is 1.65. The Bertz CT molecular complexity index is 611. The van der Waals surface area contributed by atoms with Gasteiger partial charge in [0.2, 0.25) is 0 Å². The van der Waals surface area contributed by atoms with Crippen molar-refractivity contribution in [3.05, 3.63) is 29.0 Å². The highest BCUT2D eigenvalue weighted by Crippen LogP contribution is 2.31. The molecule has 0 unspecified atom stereocenters. The van der Waals surface area contributed by atoms with E-state index in [-0.39, 0.29) is 0 Å². The summed E-state index contributed by atoms with van der Waals surface area (Å²) in [5, 5.41) is 5.38. The van der Waals surface area contributed by atoms with E-state index in [0.717, 1.165) is 22.4 Å². The predicted molar refractivity (Wildman–Crippen MR) is 87.3 cm³/mol. The third kappa shape index (κ3) is 3.71. The Hall–Kier alpha value is -1.20. The van der Waals surface area contributed by atoms with Crippen LogP contribution in [0.5, 0.6) is 0 Å². The van der Waals surface area contributed by atoms with Crippen LogP contribution < -0.4 is 5.73 Å². The lowest BCUT2D eigenvalue weighted by molar-refractivity contribution is 0.425. The summed E-state index contributed by atoms with van der Waals surface area (Å²) in [7, 11) is 0. The molecule has 1 aromatic carbocycles. The van der Waals surface area contributed by atoms with E-state index in [4.69, 9.17) is 21.9 Å². The molecular weight excluding hydrogens is 306 g/mol. The minimum Gasteiger partial charge on any atom is -0.398 e. The van der Waals surface area contributed by atoms with E-state index in [1.54, 1.807) is 12.1 Å². The van der Waals surface area contributed by atoms with Crippen molar-refractivity contribution in [3.63, 3.8) is 0 Å². The van der Waals surface area contributed by atoms with Gasteiger partial charge >= 0.3 is 0 Å². The molecule has 4 nitrogen and oxygen atoms in total. The van der Waals surface area contributed by atoms with Gasteiger partial charge in [0.15, 0.2) is 5.82 Å². The van der Waals surface area contributed by atoms with E-state index in [9.17, 15) is 0 Å². The van der Waals surface area contributed by atoms with Crippen molar-refractivity contribution >= 4 is 29.1 Å². The third-order valence-electron chi connectivity index (χ3n) is 3.71. The molecule has 1 aliphatic carbocycles. The number of anilines is 1. The summed E-state index contributed by atoms with van der Waals surface area (Å²) in [5.41, 5.74) is 7.23. The standard InChI is InChI=1S/C15H18ClN3OS/c16-10-6-7-12(13(17)8-10)15-18-14(19-20-15)9-21-11-4-2-1-3-5-11/h6-8,11H,1-5,9,17H2. The van der Waals surface area contributed by atoms with Gasteiger partial charge in [-0.3, -0.25) is 0 Å². The molecule has 1 saturated carbocycles. The number of benzene rings is 1. The van der Waals surface area contributed by atoms with Gasteiger partial charge < -0.3 is 10.3 Å². The number of halogens is 1. The average Bonchev–Trinajstić information content (AvgIpc) is 2.95. The van der Waals surface area contributed by atoms with Gasteiger partial charge in [0.1, 0.15) is 0 Å². The Morgan fingerprint density at radius 3 is 2.86 bits per heavy atom. The van der Waals surface area contributed by atoms with Gasteiger partial charge in [0.05, 0.1) is 11.3 Å². The van der Waals surface area contributed by atoms with Crippen LogP contribution in [-0.4, -0.2) is 15.4 Å². The molecule has 0 amide bonds. The molecule has 6 heteroatoms. The van der Waals surface area contributed by atoms with Gasteiger partial charge in [0.25, 0.3) is 5.89 Å². The van der Waals surface area contributed by atoms with Crippen LogP contribution in [0.25, 0.3) is 11.5 Å². The van der Waals surface area contributed by atoms with Crippen LogP contribution in [0, 0.1) is 0 Å². The zero-order chi connectivity index (χ0) is 14.7. The fourth-order valence-corrected chi connectivity index (χ4v) is 3.92. The van der Waals surface area contributed by atoms with Crippen LogP contribution in [0.4, 0.5) is 5.69 Å². The molecule has 1 fully saturated rings. The molecule has 0 radical (unpaired) electrons. The SMILES string of the molecule is Nc1cc(Cl)ccc1-c1nc(CSC2CCCCC2)no1. The number of rotatable bonds is 4. The normalized spacial score (nSPS) is 16.2. The number of nitrogen functional groups attached to an aromatic ring is 1. The second-order valence-corrected chi connectivity index (χ2v) is 7.04. The summed E-state index contributed by atoms with van der Waals surface area (Å²) in [4.78, 5) is 4.43. The first-order chi connectivity index (χ1) is 10.2. The van der Waals surface area contributed by atoms with Crippen LogP contribution in [-0.2, 0) is 5.75 Å². The Morgan fingerprint density at radius 2 is 2.10 bits per heavy atom. The maximum absolute atomic E-state index is 5.94. The third-order valence-corrected chi connectivity index (χ3v) is 5.32. The summed E-state index contributed by atoms with van der Waals surface area (Å²) in [6.45, 7) is 0. The van der Waals surface area contributed by atoms with Crippen LogP contribution >= 0.6 is 23.4 Å². The number of hydrogen-bond donors (Lipinski definition) is 1. The molecule has 112 valence electrons. The molecule has 2 aromatic rings. The fourth-order valence-electron chi connectivity index (χ4n) is 2.57. The maximum atomic E-state index is 5.94. The van der Waals surface area contributed by atoms with Gasteiger partial charge in [-0.05, 0) is 31.0 Å². The minimum atomic E-state index is 0.461. The van der Waals surface area contributed by atoms with Crippen molar-refractivity contribution < 1.29 is 4.52 Å². The Kier molecular flexibility index (Phi) is 4.70. The van der Waals surface area contributed by atoms with Crippen molar-refractivity contribution in [2.24, 2.45) is 0 Å². The highest BCUT2D eigenvalue weighted by Gasteiger charge is 2.16. The van der Waals surface area contributed by atoms with E-state index in [0.29, 0.717) is 16.6 Å². The molecule has 2 N–H and O–H groups in total. The van der Waals surface area contributed by atoms with Gasteiger partial charge in [-0.1, -0.05) is 36.0 Å². The summed E-state index contributed by atoms with van der Waals surface area (Å²) in [6, 6.07) is 5.27. The molecule has 0 spiro atoms. The monoisotopic (exact) mass is 323 g/mol. The topological polar surface area (TPSA) is 64.9 Å². The van der Waals surface area contributed by atoms with Crippen molar-refractivity contribution in [2.75, 3.05) is 5.73 Å². The second-order valence-electron chi connectivity index (χ2n) is 5.32. The number of hydrogen-bond acceptors (Lipinski definition) is 5. The zero-order valence-electron chi connectivity index (χ0n) is 11.7. The molecule has 1 heterocycles. The second kappa shape index (κ2) is 6.71. The number of aromatic nitrogens is 2. The van der Waals surface area contributed by atoms with Gasteiger partial charge in [0, 0.05) is 16.0 Å². The predicted octanol–water partition coefficient (Wildman–Crippen LogP) is 4.54. The quantitative estimate of drug-likeness (QED) is 0.837. The Morgan fingerprint density at radius 1 is 1.29 bits per heavy atom. The van der Waals surface area contributed by atoms with E-state index < -0.39 is 0 Å². The largest absolute Gasteiger partial charge is 0.398 e. The highest BCUT2D eigenvalue weighted by molar-refractivity contribution is 7.99. The molecule has 0 saturated heterocycles. The molecule has 21 heavy (non-hydrogen) atoms. The molecule has 0 atom stereocenters. The van der Waals surface area contributed by atoms with E-state index >= 15 is 0 Å². The van der Waals surface area contributed by atoms with E-state index in [1.165, 1.54) is 32.1 Å². The Labute approximate surface area is 133 Å².